The minimum atomic E-state index is 1.11. The first-order valence-corrected chi connectivity index (χ1v) is 6.45. The Morgan fingerprint density at radius 3 is 2.19 bits per heavy atom. The summed E-state index contributed by atoms with van der Waals surface area (Å²) in [7, 11) is 0. The first-order chi connectivity index (χ1) is 7.67. The van der Waals surface area contributed by atoms with Crippen molar-refractivity contribution in [2.75, 3.05) is 13.1 Å². The van der Waals surface area contributed by atoms with Gasteiger partial charge in [0.05, 0.1) is 0 Å². The quantitative estimate of drug-likeness (QED) is 0.701. The molecule has 0 radical (unpaired) electrons. The van der Waals surface area contributed by atoms with Crippen molar-refractivity contribution < 1.29 is 0 Å². The lowest BCUT2D eigenvalue weighted by atomic mass is 10.1. The maximum atomic E-state index is 2.56. The van der Waals surface area contributed by atoms with Crippen LogP contribution in [0.25, 0.3) is 0 Å². The van der Waals surface area contributed by atoms with Gasteiger partial charge in [-0.1, -0.05) is 37.6 Å². The van der Waals surface area contributed by atoms with Crippen molar-refractivity contribution in [2.24, 2.45) is 0 Å². The Morgan fingerprint density at radius 2 is 1.62 bits per heavy atom. The fraction of sp³-hybridized carbons (Fsp3) is 0.600. The monoisotopic (exact) mass is 219 g/mol. The fourth-order valence-corrected chi connectivity index (χ4v) is 2.11. The molecule has 0 amide bonds. The zero-order valence-electron chi connectivity index (χ0n) is 11.2. The zero-order valence-corrected chi connectivity index (χ0v) is 11.2. The molecule has 1 heteroatoms. The normalized spacial score (nSPS) is 11.1. The second-order valence-electron chi connectivity index (χ2n) is 4.71. The number of rotatable bonds is 6. The third kappa shape index (κ3) is 3.97. The molecule has 16 heavy (non-hydrogen) atoms. The molecule has 0 aliphatic rings. The Balaban J connectivity index is 2.71. The molecular weight excluding hydrogens is 194 g/mol. The zero-order chi connectivity index (χ0) is 12.0. The highest BCUT2D eigenvalue weighted by Crippen LogP contribution is 2.13. The molecule has 0 fully saturated rings. The molecule has 0 saturated heterocycles. The van der Waals surface area contributed by atoms with Crippen LogP contribution in [0.4, 0.5) is 0 Å². The highest BCUT2D eigenvalue weighted by atomic mass is 15.1. The largest absolute Gasteiger partial charge is 0.299 e. The van der Waals surface area contributed by atoms with Gasteiger partial charge >= 0.3 is 0 Å². The third-order valence-electron chi connectivity index (χ3n) is 2.98. The molecule has 1 rings (SSSR count). The summed E-state index contributed by atoms with van der Waals surface area (Å²) in [4.78, 5) is 2.56. The molecule has 0 spiro atoms. The Hall–Kier alpha value is -0.820. The summed E-state index contributed by atoms with van der Waals surface area (Å²) in [6, 6.07) is 6.76. The van der Waals surface area contributed by atoms with E-state index in [2.05, 4.69) is 50.8 Å². The highest BCUT2D eigenvalue weighted by Gasteiger charge is 2.06. The van der Waals surface area contributed by atoms with Crippen molar-refractivity contribution in [3.63, 3.8) is 0 Å². The summed E-state index contributed by atoms with van der Waals surface area (Å²) in [5, 5.41) is 0. The van der Waals surface area contributed by atoms with Crippen LogP contribution in [0, 0.1) is 13.8 Å². The number of hydrogen-bond acceptors (Lipinski definition) is 1. The third-order valence-corrected chi connectivity index (χ3v) is 2.98. The van der Waals surface area contributed by atoms with Crippen LogP contribution in [0.1, 0.15) is 43.4 Å². The van der Waals surface area contributed by atoms with Gasteiger partial charge in [-0.05, 0) is 50.9 Å². The standard InChI is InChI=1S/C15H25N/c1-5-9-16(10-6-2)12-15-11-13(3)7-8-14(15)4/h7-8,11H,5-6,9-10,12H2,1-4H3. The van der Waals surface area contributed by atoms with Crippen LogP contribution >= 0.6 is 0 Å². The second kappa shape index (κ2) is 6.70. The first-order valence-electron chi connectivity index (χ1n) is 6.45. The van der Waals surface area contributed by atoms with Gasteiger partial charge in [0.15, 0.2) is 0 Å². The van der Waals surface area contributed by atoms with E-state index in [0.717, 1.165) is 6.54 Å². The van der Waals surface area contributed by atoms with Crippen molar-refractivity contribution >= 4 is 0 Å². The van der Waals surface area contributed by atoms with Gasteiger partial charge in [0.25, 0.3) is 0 Å². The predicted molar refractivity (Wildman–Crippen MR) is 71.8 cm³/mol. The average Bonchev–Trinajstić information content (AvgIpc) is 2.24. The van der Waals surface area contributed by atoms with Gasteiger partial charge in [0.2, 0.25) is 0 Å². The second-order valence-corrected chi connectivity index (χ2v) is 4.71. The van der Waals surface area contributed by atoms with Crippen molar-refractivity contribution in [3.05, 3.63) is 34.9 Å². The Labute approximate surface area is 100 Å². The van der Waals surface area contributed by atoms with Gasteiger partial charge in [0.1, 0.15) is 0 Å². The Kier molecular flexibility index (Phi) is 5.54. The smallest absolute Gasteiger partial charge is 0.0236 e. The molecule has 90 valence electrons. The van der Waals surface area contributed by atoms with E-state index < -0.39 is 0 Å². The van der Waals surface area contributed by atoms with Crippen molar-refractivity contribution in [1.82, 2.24) is 4.90 Å². The number of hydrogen-bond donors (Lipinski definition) is 0. The van der Waals surface area contributed by atoms with E-state index in [1.54, 1.807) is 0 Å². The Morgan fingerprint density at radius 1 is 1.00 bits per heavy atom. The van der Waals surface area contributed by atoms with Crippen molar-refractivity contribution in [3.8, 4) is 0 Å². The summed E-state index contributed by atoms with van der Waals surface area (Å²) in [6.45, 7) is 12.4. The summed E-state index contributed by atoms with van der Waals surface area (Å²) >= 11 is 0. The number of nitrogens with zero attached hydrogens (tertiary/aromatic N) is 1. The van der Waals surface area contributed by atoms with E-state index in [1.807, 2.05) is 0 Å². The highest BCUT2D eigenvalue weighted by molar-refractivity contribution is 5.30. The maximum Gasteiger partial charge on any atom is 0.0236 e. The van der Waals surface area contributed by atoms with Gasteiger partial charge < -0.3 is 0 Å². The molecule has 1 nitrogen and oxygen atoms in total. The molecule has 0 heterocycles. The van der Waals surface area contributed by atoms with Gasteiger partial charge in [-0.25, -0.2) is 0 Å². The minimum Gasteiger partial charge on any atom is -0.299 e. The van der Waals surface area contributed by atoms with Crippen LogP contribution in [0.5, 0.6) is 0 Å². The fourth-order valence-electron chi connectivity index (χ4n) is 2.11. The van der Waals surface area contributed by atoms with Gasteiger partial charge in [-0.3, -0.25) is 4.90 Å². The van der Waals surface area contributed by atoms with Crippen LogP contribution in [0.3, 0.4) is 0 Å². The van der Waals surface area contributed by atoms with Gasteiger partial charge in [-0.15, -0.1) is 0 Å². The molecule has 0 bridgehead atoms. The lowest BCUT2D eigenvalue weighted by Gasteiger charge is -2.22. The van der Waals surface area contributed by atoms with Gasteiger partial charge in [-0.2, -0.15) is 0 Å². The molecule has 1 aromatic carbocycles. The lowest BCUT2D eigenvalue weighted by molar-refractivity contribution is 0.266. The minimum absolute atomic E-state index is 1.11. The number of aryl methyl sites for hydroxylation is 2. The summed E-state index contributed by atoms with van der Waals surface area (Å²) in [5.74, 6) is 0. The molecule has 1 aromatic rings. The Bertz CT molecular complexity index is 311. The topological polar surface area (TPSA) is 3.24 Å². The molecule has 0 saturated carbocycles. The molecule has 0 atom stereocenters. The molecule has 0 aromatic heterocycles. The molecule has 0 aliphatic heterocycles. The molecular formula is C15H25N. The van der Waals surface area contributed by atoms with Crippen LogP contribution in [-0.2, 0) is 6.54 Å². The van der Waals surface area contributed by atoms with E-state index in [4.69, 9.17) is 0 Å². The van der Waals surface area contributed by atoms with Gasteiger partial charge in [0, 0.05) is 6.54 Å². The van der Waals surface area contributed by atoms with E-state index >= 15 is 0 Å². The average molecular weight is 219 g/mol. The lowest BCUT2D eigenvalue weighted by Crippen LogP contribution is -2.25. The summed E-state index contributed by atoms with van der Waals surface area (Å²) < 4.78 is 0. The van der Waals surface area contributed by atoms with E-state index in [-0.39, 0.29) is 0 Å². The van der Waals surface area contributed by atoms with Crippen molar-refractivity contribution in [1.29, 1.82) is 0 Å². The van der Waals surface area contributed by atoms with Crippen molar-refractivity contribution in [2.45, 2.75) is 47.1 Å². The van der Waals surface area contributed by atoms with E-state index in [9.17, 15) is 0 Å². The van der Waals surface area contributed by atoms with E-state index in [1.165, 1.54) is 42.6 Å². The van der Waals surface area contributed by atoms with Crippen LogP contribution in [-0.4, -0.2) is 18.0 Å². The predicted octanol–water partition coefficient (Wildman–Crippen LogP) is 3.93. The van der Waals surface area contributed by atoms with Crippen LogP contribution < -0.4 is 0 Å². The summed E-state index contributed by atoms with van der Waals surface area (Å²) in [6.07, 6.45) is 2.48. The van der Waals surface area contributed by atoms with E-state index in [0.29, 0.717) is 0 Å². The molecule has 0 aliphatic carbocycles. The summed E-state index contributed by atoms with van der Waals surface area (Å²) in [5.41, 5.74) is 4.28. The van der Waals surface area contributed by atoms with Crippen LogP contribution in [0.15, 0.2) is 18.2 Å². The molecule has 0 N–H and O–H groups in total. The SMILES string of the molecule is CCCN(CCC)Cc1cc(C)ccc1C. The number of benzene rings is 1. The molecule has 0 unspecified atom stereocenters. The maximum absolute atomic E-state index is 2.56. The first kappa shape index (κ1) is 13.2. The van der Waals surface area contributed by atoms with Crippen LogP contribution in [0.2, 0.25) is 0 Å².